The average Bonchev–Trinajstić information content (AvgIpc) is 2.70. The van der Waals surface area contributed by atoms with Gasteiger partial charge in [0.15, 0.2) is 5.43 Å². The van der Waals surface area contributed by atoms with E-state index in [4.69, 9.17) is 10.5 Å². The molecule has 1 aromatic heterocycles. The lowest BCUT2D eigenvalue weighted by Gasteiger charge is -2.15. The maximum Gasteiger partial charge on any atom is 0.198 e. The molecule has 150 valence electrons. The largest absolute Gasteiger partial charge is 0.497 e. The van der Waals surface area contributed by atoms with Crippen LogP contribution in [0.3, 0.4) is 0 Å². The van der Waals surface area contributed by atoms with Gasteiger partial charge in [-0.2, -0.15) is 0 Å². The Labute approximate surface area is 169 Å². The Morgan fingerprint density at radius 2 is 1.86 bits per heavy atom. The van der Waals surface area contributed by atoms with Crippen molar-refractivity contribution in [1.82, 2.24) is 4.90 Å². The van der Waals surface area contributed by atoms with Crippen molar-refractivity contribution in [1.29, 1.82) is 0 Å². The summed E-state index contributed by atoms with van der Waals surface area (Å²) >= 11 is 1.61. The van der Waals surface area contributed by atoms with Crippen LogP contribution in [-0.2, 0) is 0 Å². The first-order valence-corrected chi connectivity index (χ1v) is 10.3. The highest BCUT2D eigenvalue weighted by Gasteiger charge is 2.14. The highest BCUT2D eigenvalue weighted by molar-refractivity contribution is 7.25. The number of nitrogens with two attached hydrogens (primary N) is 1. The molecule has 0 aliphatic carbocycles. The number of hydrogen-bond acceptors (Lipinski definition) is 7. The number of nitrogens with zero attached hydrogens (tertiary/aromatic N) is 1. The van der Waals surface area contributed by atoms with Crippen molar-refractivity contribution in [3.63, 3.8) is 0 Å². The quantitative estimate of drug-likeness (QED) is 0.378. The summed E-state index contributed by atoms with van der Waals surface area (Å²) in [6, 6.07) is 9.67. The maximum atomic E-state index is 13.4. The molecule has 0 atom stereocenters. The Kier molecular flexibility index (Phi) is 6.72. The smallest absolute Gasteiger partial charge is 0.198 e. The fourth-order valence-corrected chi connectivity index (χ4v) is 4.35. The minimum atomic E-state index is 0.0224. The average molecular weight is 401 g/mol. The first-order chi connectivity index (χ1) is 13.5. The van der Waals surface area contributed by atoms with Gasteiger partial charge >= 0.3 is 0 Å². The van der Waals surface area contributed by atoms with Gasteiger partial charge in [-0.1, -0.05) is 0 Å². The second kappa shape index (κ2) is 9.23. The number of fused-ring (bicyclic) bond motifs is 2. The molecule has 0 saturated carbocycles. The molecule has 6 nitrogen and oxygen atoms in total. The summed E-state index contributed by atoms with van der Waals surface area (Å²) < 4.78 is 7.21. The summed E-state index contributed by atoms with van der Waals surface area (Å²) in [5.74, 6) is 0.689. The van der Waals surface area contributed by atoms with Crippen LogP contribution in [0.4, 0.5) is 11.4 Å². The van der Waals surface area contributed by atoms with Crippen molar-refractivity contribution in [3.8, 4) is 5.75 Å². The SMILES string of the molecule is COc1ccc2sc3c(NCCN)ccc(NCCCN(C)C)c3c(=O)c2c1. The Hall–Kier alpha value is -2.35. The van der Waals surface area contributed by atoms with Gasteiger partial charge in [0.2, 0.25) is 0 Å². The van der Waals surface area contributed by atoms with Crippen LogP contribution in [0, 0.1) is 0 Å². The number of methoxy groups -OCH3 is 1. The summed E-state index contributed by atoms with van der Waals surface area (Å²) in [6.45, 7) is 3.00. The van der Waals surface area contributed by atoms with E-state index in [2.05, 4.69) is 29.6 Å². The third kappa shape index (κ3) is 4.38. The van der Waals surface area contributed by atoms with Gasteiger partial charge in [0.05, 0.1) is 22.9 Å². The Bertz CT molecular complexity index is 1020. The van der Waals surface area contributed by atoms with E-state index in [1.165, 1.54) is 0 Å². The molecule has 0 fully saturated rings. The molecule has 3 rings (SSSR count). The van der Waals surface area contributed by atoms with Crippen LogP contribution in [0.1, 0.15) is 6.42 Å². The molecule has 28 heavy (non-hydrogen) atoms. The minimum Gasteiger partial charge on any atom is -0.497 e. The van der Waals surface area contributed by atoms with Gasteiger partial charge in [0, 0.05) is 35.4 Å². The fraction of sp³-hybridized carbons (Fsp3) is 0.381. The van der Waals surface area contributed by atoms with Crippen molar-refractivity contribution in [2.75, 3.05) is 58.0 Å². The van der Waals surface area contributed by atoms with Crippen molar-refractivity contribution in [3.05, 3.63) is 40.6 Å². The van der Waals surface area contributed by atoms with Gasteiger partial charge in [-0.05, 0) is 57.4 Å². The van der Waals surface area contributed by atoms with Crippen LogP contribution in [0.2, 0.25) is 0 Å². The Balaban J connectivity index is 2.11. The molecule has 4 N–H and O–H groups in total. The van der Waals surface area contributed by atoms with Gasteiger partial charge in [-0.25, -0.2) is 0 Å². The van der Waals surface area contributed by atoms with Crippen molar-refractivity contribution >= 4 is 42.9 Å². The molecule has 0 aliphatic heterocycles. The third-order valence-electron chi connectivity index (χ3n) is 4.59. The fourth-order valence-electron chi connectivity index (χ4n) is 3.17. The normalized spacial score (nSPS) is 11.3. The van der Waals surface area contributed by atoms with Crippen LogP contribution < -0.4 is 26.5 Å². The zero-order chi connectivity index (χ0) is 20.1. The maximum absolute atomic E-state index is 13.4. The summed E-state index contributed by atoms with van der Waals surface area (Å²) in [6.07, 6.45) is 1.00. The van der Waals surface area contributed by atoms with Crippen molar-refractivity contribution in [2.24, 2.45) is 5.73 Å². The van der Waals surface area contributed by atoms with Crippen LogP contribution in [0.5, 0.6) is 5.75 Å². The first kappa shape index (κ1) is 20.4. The van der Waals surface area contributed by atoms with Crippen LogP contribution in [-0.4, -0.2) is 52.3 Å². The molecule has 2 aromatic carbocycles. The second-order valence-corrected chi connectivity index (χ2v) is 8.01. The Morgan fingerprint density at radius 3 is 2.57 bits per heavy atom. The highest BCUT2D eigenvalue weighted by Crippen LogP contribution is 2.35. The van der Waals surface area contributed by atoms with E-state index in [-0.39, 0.29) is 5.43 Å². The topological polar surface area (TPSA) is 79.6 Å². The molecular weight excluding hydrogens is 372 g/mol. The second-order valence-electron chi connectivity index (χ2n) is 6.96. The number of nitrogens with one attached hydrogen (secondary N) is 2. The number of rotatable bonds is 9. The molecule has 0 bridgehead atoms. The van der Waals surface area contributed by atoms with Gasteiger partial charge in [-0.3, -0.25) is 4.79 Å². The first-order valence-electron chi connectivity index (χ1n) is 9.45. The lowest BCUT2D eigenvalue weighted by atomic mass is 10.1. The number of anilines is 2. The summed E-state index contributed by atoms with van der Waals surface area (Å²) in [7, 11) is 5.73. The van der Waals surface area contributed by atoms with Crippen LogP contribution in [0.25, 0.3) is 20.2 Å². The van der Waals surface area contributed by atoms with E-state index in [1.807, 2.05) is 30.3 Å². The molecule has 0 spiro atoms. The van der Waals surface area contributed by atoms with Crippen LogP contribution >= 0.6 is 11.3 Å². The molecular formula is C21H28N4O2S. The molecule has 0 amide bonds. The van der Waals surface area contributed by atoms with E-state index in [9.17, 15) is 4.79 Å². The third-order valence-corrected chi connectivity index (χ3v) is 5.79. The van der Waals surface area contributed by atoms with E-state index >= 15 is 0 Å². The molecule has 3 aromatic rings. The van der Waals surface area contributed by atoms with E-state index < -0.39 is 0 Å². The standard InChI is InChI=1S/C21H28N4O2S/c1-25(2)12-4-10-23-16-6-7-17(24-11-9-22)21-19(16)20(26)15-13-14(27-3)5-8-18(15)28-21/h5-8,13,23-24H,4,9-12,22H2,1-3H3. The predicted molar refractivity (Wildman–Crippen MR) is 121 cm³/mol. The molecule has 0 radical (unpaired) electrons. The van der Waals surface area contributed by atoms with Crippen LogP contribution in [0.15, 0.2) is 35.1 Å². The summed E-state index contributed by atoms with van der Waals surface area (Å²) in [5, 5.41) is 8.21. The molecule has 7 heteroatoms. The van der Waals surface area contributed by atoms with Crippen molar-refractivity contribution in [2.45, 2.75) is 6.42 Å². The molecule has 0 saturated heterocycles. The van der Waals surface area contributed by atoms with Gasteiger partial charge in [0.1, 0.15) is 5.75 Å². The summed E-state index contributed by atoms with van der Waals surface area (Å²) in [4.78, 5) is 15.5. The number of ether oxygens (including phenoxy) is 1. The van der Waals surface area contributed by atoms with Gasteiger partial charge in [0.25, 0.3) is 0 Å². The highest BCUT2D eigenvalue weighted by atomic mass is 32.1. The lowest BCUT2D eigenvalue weighted by molar-refractivity contribution is 0.405. The van der Waals surface area contributed by atoms with Crippen molar-refractivity contribution < 1.29 is 4.74 Å². The van der Waals surface area contributed by atoms with E-state index in [0.717, 1.165) is 45.7 Å². The zero-order valence-electron chi connectivity index (χ0n) is 16.7. The van der Waals surface area contributed by atoms with E-state index in [1.54, 1.807) is 18.4 Å². The molecule has 0 unspecified atom stereocenters. The zero-order valence-corrected chi connectivity index (χ0v) is 17.5. The van der Waals surface area contributed by atoms with Gasteiger partial charge in [-0.15, -0.1) is 11.3 Å². The molecule has 1 heterocycles. The lowest BCUT2D eigenvalue weighted by Crippen LogP contribution is -2.17. The number of benzene rings is 2. The molecule has 0 aliphatic rings. The summed E-state index contributed by atoms with van der Waals surface area (Å²) in [5.41, 5.74) is 7.50. The number of hydrogen-bond donors (Lipinski definition) is 3. The van der Waals surface area contributed by atoms with Gasteiger partial charge < -0.3 is 26.0 Å². The van der Waals surface area contributed by atoms with E-state index in [0.29, 0.717) is 24.2 Å². The minimum absolute atomic E-state index is 0.0224. The predicted octanol–water partition coefficient (Wildman–Crippen LogP) is 3.16. The Morgan fingerprint density at radius 1 is 1.11 bits per heavy atom. The monoisotopic (exact) mass is 400 g/mol.